The summed E-state index contributed by atoms with van der Waals surface area (Å²) in [6.45, 7) is 2.13. The average Bonchev–Trinajstić information content (AvgIpc) is 2.82. The standard InChI is InChI=1S/C12H11F3N2S/c1-6-4-8(6)16-11-17-9-5-7(12(13,14)15)2-3-10(9)18-11/h2-3,5-6,8H,4H2,1H3,(H,16,17). The number of alkyl halides is 3. The Balaban J connectivity index is 1.92. The second-order valence-corrected chi connectivity index (χ2v) is 5.69. The van der Waals surface area contributed by atoms with Gasteiger partial charge in [0.2, 0.25) is 0 Å². The molecule has 1 N–H and O–H groups in total. The third-order valence-corrected chi connectivity index (χ3v) is 4.10. The number of aromatic nitrogens is 1. The molecule has 1 fully saturated rings. The molecule has 2 atom stereocenters. The van der Waals surface area contributed by atoms with Gasteiger partial charge < -0.3 is 5.32 Å². The Hall–Kier alpha value is -1.30. The fourth-order valence-electron chi connectivity index (χ4n) is 1.85. The highest BCUT2D eigenvalue weighted by Crippen LogP contribution is 2.37. The Morgan fingerprint density at radius 2 is 2.11 bits per heavy atom. The first-order chi connectivity index (χ1) is 8.43. The number of anilines is 1. The van der Waals surface area contributed by atoms with Gasteiger partial charge in [-0.1, -0.05) is 18.3 Å². The van der Waals surface area contributed by atoms with Crippen LogP contribution < -0.4 is 5.32 Å². The van der Waals surface area contributed by atoms with E-state index in [2.05, 4.69) is 17.2 Å². The quantitative estimate of drug-likeness (QED) is 0.889. The highest BCUT2D eigenvalue weighted by atomic mass is 32.1. The molecule has 0 bridgehead atoms. The Morgan fingerprint density at radius 1 is 1.39 bits per heavy atom. The van der Waals surface area contributed by atoms with Crippen LogP contribution in [-0.4, -0.2) is 11.0 Å². The topological polar surface area (TPSA) is 24.9 Å². The van der Waals surface area contributed by atoms with Crippen LogP contribution in [0.1, 0.15) is 18.9 Å². The first-order valence-corrected chi connectivity index (χ1v) is 6.49. The predicted octanol–water partition coefficient (Wildman–Crippen LogP) is 4.14. The maximum Gasteiger partial charge on any atom is 0.416 e. The van der Waals surface area contributed by atoms with Crippen LogP contribution in [0.25, 0.3) is 10.2 Å². The van der Waals surface area contributed by atoms with Crippen LogP contribution in [0.15, 0.2) is 18.2 Å². The van der Waals surface area contributed by atoms with E-state index in [0.29, 0.717) is 22.6 Å². The fraction of sp³-hybridized carbons (Fsp3) is 0.417. The van der Waals surface area contributed by atoms with Crippen molar-refractivity contribution in [3.05, 3.63) is 23.8 Å². The highest BCUT2D eigenvalue weighted by Gasteiger charge is 2.33. The van der Waals surface area contributed by atoms with Gasteiger partial charge in [0.05, 0.1) is 15.8 Å². The van der Waals surface area contributed by atoms with E-state index in [1.54, 1.807) is 0 Å². The Bertz CT molecular complexity index is 591. The summed E-state index contributed by atoms with van der Waals surface area (Å²) in [5.74, 6) is 0.628. The van der Waals surface area contributed by atoms with Crippen molar-refractivity contribution in [2.45, 2.75) is 25.6 Å². The summed E-state index contributed by atoms with van der Waals surface area (Å²) in [7, 11) is 0. The van der Waals surface area contributed by atoms with Gasteiger partial charge in [0, 0.05) is 6.04 Å². The number of halogens is 3. The molecule has 18 heavy (non-hydrogen) atoms. The molecule has 2 aromatic rings. The van der Waals surface area contributed by atoms with E-state index in [4.69, 9.17) is 0 Å². The molecule has 0 spiro atoms. The number of rotatable bonds is 2. The number of benzene rings is 1. The van der Waals surface area contributed by atoms with Crippen molar-refractivity contribution in [1.29, 1.82) is 0 Å². The van der Waals surface area contributed by atoms with Crippen LogP contribution >= 0.6 is 11.3 Å². The number of hydrogen-bond acceptors (Lipinski definition) is 3. The lowest BCUT2D eigenvalue weighted by atomic mass is 10.2. The van der Waals surface area contributed by atoms with Crippen LogP contribution in [0.5, 0.6) is 0 Å². The molecule has 1 aliphatic carbocycles. The van der Waals surface area contributed by atoms with Crippen LogP contribution in [0.2, 0.25) is 0 Å². The van der Waals surface area contributed by atoms with Gasteiger partial charge in [0.15, 0.2) is 5.13 Å². The molecule has 3 rings (SSSR count). The van der Waals surface area contributed by atoms with Crippen molar-refractivity contribution in [3.63, 3.8) is 0 Å². The lowest BCUT2D eigenvalue weighted by molar-refractivity contribution is -0.137. The van der Waals surface area contributed by atoms with Gasteiger partial charge in [-0.15, -0.1) is 0 Å². The van der Waals surface area contributed by atoms with Crippen molar-refractivity contribution in [2.24, 2.45) is 5.92 Å². The summed E-state index contributed by atoms with van der Waals surface area (Å²) < 4.78 is 38.4. The van der Waals surface area contributed by atoms with Gasteiger partial charge in [-0.3, -0.25) is 0 Å². The number of fused-ring (bicyclic) bond motifs is 1. The maximum absolute atomic E-state index is 12.6. The summed E-state index contributed by atoms with van der Waals surface area (Å²) in [6, 6.07) is 4.11. The molecule has 2 unspecified atom stereocenters. The Morgan fingerprint density at radius 3 is 2.72 bits per heavy atom. The molecule has 6 heteroatoms. The van der Waals surface area contributed by atoms with E-state index in [9.17, 15) is 13.2 Å². The van der Waals surface area contributed by atoms with Crippen LogP contribution in [-0.2, 0) is 6.18 Å². The minimum atomic E-state index is -4.31. The molecule has 1 aromatic carbocycles. The molecule has 2 nitrogen and oxygen atoms in total. The summed E-state index contributed by atoms with van der Waals surface area (Å²) >= 11 is 1.40. The van der Waals surface area contributed by atoms with Crippen molar-refractivity contribution >= 4 is 26.7 Å². The predicted molar refractivity (Wildman–Crippen MR) is 65.8 cm³/mol. The third kappa shape index (κ3) is 2.16. The number of thiazole rings is 1. The number of nitrogens with zero attached hydrogens (tertiary/aromatic N) is 1. The molecular weight excluding hydrogens is 261 g/mol. The van der Waals surface area contributed by atoms with Crippen molar-refractivity contribution in [1.82, 2.24) is 4.98 Å². The smallest absolute Gasteiger partial charge is 0.358 e. The zero-order valence-corrected chi connectivity index (χ0v) is 10.4. The zero-order valence-electron chi connectivity index (χ0n) is 9.58. The lowest BCUT2D eigenvalue weighted by Gasteiger charge is -2.04. The highest BCUT2D eigenvalue weighted by molar-refractivity contribution is 7.22. The summed E-state index contributed by atoms with van der Waals surface area (Å²) in [5, 5.41) is 3.95. The van der Waals surface area contributed by atoms with Crippen molar-refractivity contribution < 1.29 is 13.2 Å². The van der Waals surface area contributed by atoms with E-state index >= 15 is 0 Å². The van der Waals surface area contributed by atoms with Gasteiger partial charge in [0.1, 0.15) is 0 Å². The molecule has 0 aliphatic heterocycles. The fourth-order valence-corrected chi connectivity index (χ4v) is 2.76. The van der Waals surface area contributed by atoms with Gasteiger partial charge >= 0.3 is 6.18 Å². The van der Waals surface area contributed by atoms with E-state index in [1.165, 1.54) is 17.4 Å². The first kappa shape index (κ1) is 11.8. The number of nitrogens with one attached hydrogen (secondary N) is 1. The normalized spacial score (nSPS) is 23.3. The summed E-state index contributed by atoms with van der Waals surface area (Å²) in [4.78, 5) is 4.21. The second kappa shape index (κ2) is 3.85. The third-order valence-electron chi connectivity index (χ3n) is 3.13. The van der Waals surface area contributed by atoms with Crippen LogP contribution in [0.4, 0.5) is 18.3 Å². The monoisotopic (exact) mass is 272 g/mol. The summed E-state index contributed by atoms with van der Waals surface area (Å²) in [5.41, 5.74) is -0.239. The van der Waals surface area contributed by atoms with E-state index in [-0.39, 0.29) is 0 Å². The zero-order chi connectivity index (χ0) is 12.9. The molecule has 1 heterocycles. The molecule has 1 aromatic heterocycles. The molecule has 1 saturated carbocycles. The van der Waals surface area contributed by atoms with Gasteiger partial charge in [-0.05, 0) is 30.5 Å². The molecule has 0 amide bonds. The van der Waals surface area contributed by atoms with Crippen molar-refractivity contribution in [2.75, 3.05) is 5.32 Å². The molecule has 96 valence electrons. The molecule has 0 saturated heterocycles. The minimum Gasteiger partial charge on any atom is -0.358 e. The Kier molecular flexibility index (Phi) is 2.52. The van der Waals surface area contributed by atoms with Crippen LogP contribution in [0, 0.1) is 5.92 Å². The summed E-state index contributed by atoms with van der Waals surface area (Å²) in [6.07, 6.45) is -3.21. The maximum atomic E-state index is 12.6. The van der Waals surface area contributed by atoms with E-state index in [1.807, 2.05) is 0 Å². The van der Waals surface area contributed by atoms with E-state index in [0.717, 1.165) is 23.3 Å². The van der Waals surface area contributed by atoms with Crippen molar-refractivity contribution in [3.8, 4) is 0 Å². The Labute approximate surface area is 106 Å². The van der Waals surface area contributed by atoms with Crippen LogP contribution in [0.3, 0.4) is 0 Å². The average molecular weight is 272 g/mol. The molecular formula is C12H11F3N2S. The molecule has 1 aliphatic rings. The largest absolute Gasteiger partial charge is 0.416 e. The second-order valence-electron chi connectivity index (χ2n) is 4.66. The molecule has 0 radical (unpaired) electrons. The number of hydrogen-bond donors (Lipinski definition) is 1. The van der Waals surface area contributed by atoms with E-state index < -0.39 is 11.7 Å². The lowest BCUT2D eigenvalue weighted by Crippen LogP contribution is -2.04. The van der Waals surface area contributed by atoms with Gasteiger partial charge in [-0.25, -0.2) is 4.98 Å². The first-order valence-electron chi connectivity index (χ1n) is 5.68. The van der Waals surface area contributed by atoms with Gasteiger partial charge in [0.25, 0.3) is 0 Å². The minimum absolute atomic E-state index is 0.408. The van der Waals surface area contributed by atoms with Gasteiger partial charge in [-0.2, -0.15) is 13.2 Å². The SMILES string of the molecule is CC1CC1Nc1nc2cc(C(F)(F)F)ccc2s1.